The van der Waals surface area contributed by atoms with Crippen molar-refractivity contribution in [1.82, 2.24) is 10.2 Å². The molecule has 2 aliphatic rings. The first-order valence-electron chi connectivity index (χ1n) is 8.94. The van der Waals surface area contributed by atoms with E-state index in [0.717, 1.165) is 16.0 Å². The first kappa shape index (κ1) is 18.0. The summed E-state index contributed by atoms with van der Waals surface area (Å²) in [6.45, 7) is 5.14. The minimum absolute atomic E-state index is 0.117. The van der Waals surface area contributed by atoms with Crippen molar-refractivity contribution < 1.29 is 23.9 Å². The first-order chi connectivity index (χ1) is 13.3. The average molecular weight is 380 g/mol. The second kappa shape index (κ2) is 6.37. The van der Waals surface area contributed by atoms with Gasteiger partial charge < -0.3 is 14.8 Å². The van der Waals surface area contributed by atoms with Crippen LogP contribution in [-0.4, -0.2) is 36.0 Å². The van der Waals surface area contributed by atoms with Crippen LogP contribution in [0, 0.1) is 13.8 Å². The van der Waals surface area contributed by atoms with Crippen molar-refractivity contribution in [1.29, 1.82) is 0 Å². The zero-order valence-electron chi connectivity index (χ0n) is 15.9. The Morgan fingerprint density at radius 2 is 1.86 bits per heavy atom. The van der Waals surface area contributed by atoms with E-state index in [1.165, 1.54) is 0 Å². The van der Waals surface area contributed by atoms with Crippen LogP contribution in [0.1, 0.15) is 34.0 Å². The summed E-state index contributed by atoms with van der Waals surface area (Å²) in [6, 6.07) is 10.0. The van der Waals surface area contributed by atoms with Crippen LogP contribution in [0.2, 0.25) is 0 Å². The molecule has 2 aliphatic heterocycles. The van der Waals surface area contributed by atoms with Gasteiger partial charge in [-0.1, -0.05) is 23.8 Å². The number of benzene rings is 2. The molecular formula is C21H20N2O5. The second-order valence-corrected chi connectivity index (χ2v) is 7.26. The smallest absolute Gasteiger partial charge is 0.325 e. The first-order valence-corrected chi connectivity index (χ1v) is 8.94. The lowest BCUT2D eigenvalue weighted by Crippen LogP contribution is -2.41. The summed E-state index contributed by atoms with van der Waals surface area (Å²) >= 11 is 0. The minimum Gasteiger partial charge on any atom is -0.454 e. The highest BCUT2D eigenvalue weighted by Gasteiger charge is 2.49. The Labute approximate surface area is 162 Å². The summed E-state index contributed by atoms with van der Waals surface area (Å²) in [5, 5.41) is 2.71. The monoisotopic (exact) mass is 380 g/mol. The predicted molar refractivity (Wildman–Crippen MR) is 100 cm³/mol. The number of ether oxygens (including phenoxy) is 2. The highest BCUT2D eigenvalue weighted by molar-refractivity contribution is 6.11. The minimum atomic E-state index is -1.28. The van der Waals surface area contributed by atoms with E-state index < -0.39 is 17.5 Å². The van der Waals surface area contributed by atoms with Crippen molar-refractivity contribution in [2.24, 2.45) is 0 Å². The highest BCUT2D eigenvalue weighted by atomic mass is 16.7. The van der Waals surface area contributed by atoms with Gasteiger partial charge in [-0.2, -0.15) is 0 Å². The third kappa shape index (κ3) is 2.79. The van der Waals surface area contributed by atoms with Crippen LogP contribution in [0.3, 0.4) is 0 Å². The number of urea groups is 1. The number of amides is 3. The van der Waals surface area contributed by atoms with Gasteiger partial charge in [0.2, 0.25) is 6.79 Å². The molecule has 7 heteroatoms. The Kier molecular flexibility index (Phi) is 4.10. The van der Waals surface area contributed by atoms with Crippen LogP contribution >= 0.6 is 0 Å². The van der Waals surface area contributed by atoms with E-state index in [2.05, 4.69) is 5.32 Å². The van der Waals surface area contributed by atoms with Crippen LogP contribution in [0.25, 0.3) is 0 Å². The molecule has 0 saturated carbocycles. The molecule has 144 valence electrons. The zero-order valence-corrected chi connectivity index (χ0v) is 15.9. The third-order valence-corrected chi connectivity index (χ3v) is 5.22. The molecule has 4 rings (SSSR count). The predicted octanol–water partition coefficient (Wildman–Crippen LogP) is 2.68. The molecule has 1 atom stereocenters. The summed E-state index contributed by atoms with van der Waals surface area (Å²) in [6.07, 6.45) is 0. The van der Waals surface area contributed by atoms with Crippen LogP contribution in [0.4, 0.5) is 4.79 Å². The van der Waals surface area contributed by atoms with Gasteiger partial charge in [0, 0.05) is 5.56 Å². The van der Waals surface area contributed by atoms with Crippen molar-refractivity contribution in [2.75, 3.05) is 13.3 Å². The maximum Gasteiger partial charge on any atom is 0.325 e. The van der Waals surface area contributed by atoms with Gasteiger partial charge >= 0.3 is 6.03 Å². The van der Waals surface area contributed by atoms with E-state index in [9.17, 15) is 14.4 Å². The number of nitrogens with zero attached hydrogens (tertiary/aromatic N) is 1. The number of aryl methyl sites for hydroxylation is 2. The van der Waals surface area contributed by atoms with Gasteiger partial charge in [0.15, 0.2) is 17.3 Å². The SMILES string of the molecule is Cc1ccc(C)c(C(=O)CN2C(=O)N[C@@](C)(c3ccc4c(c3)OCO4)C2=O)c1. The number of carbonyl (C=O) groups is 3. The van der Waals surface area contributed by atoms with Gasteiger partial charge in [-0.25, -0.2) is 4.79 Å². The number of hydrogen-bond acceptors (Lipinski definition) is 5. The summed E-state index contributed by atoms with van der Waals surface area (Å²) in [4.78, 5) is 39.3. The quantitative estimate of drug-likeness (QED) is 0.651. The number of hydrogen-bond donors (Lipinski definition) is 1. The molecule has 28 heavy (non-hydrogen) atoms. The second-order valence-electron chi connectivity index (χ2n) is 7.26. The third-order valence-electron chi connectivity index (χ3n) is 5.22. The van der Waals surface area contributed by atoms with Gasteiger partial charge in [0.25, 0.3) is 5.91 Å². The molecule has 7 nitrogen and oxygen atoms in total. The normalized spacial score (nSPS) is 20.5. The lowest BCUT2D eigenvalue weighted by molar-refractivity contribution is -0.130. The number of Topliss-reactive ketones (excluding diaryl/α,β-unsaturated/α-hetero) is 1. The van der Waals surface area contributed by atoms with Crippen molar-refractivity contribution in [3.8, 4) is 11.5 Å². The Balaban J connectivity index is 1.60. The fourth-order valence-electron chi connectivity index (χ4n) is 3.51. The summed E-state index contributed by atoms with van der Waals surface area (Å²) in [5.74, 6) is 0.353. The van der Waals surface area contributed by atoms with Gasteiger partial charge in [-0.15, -0.1) is 0 Å². The standard InChI is InChI=1S/C21H20N2O5/c1-12-4-5-13(2)15(8-12)16(24)10-23-19(25)21(3,22-20(23)26)14-6-7-17-18(9-14)28-11-27-17/h4-9H,10-11H2,1-3H3,(H,22,26)/t21-/m0/s1. The number of fused-ring (bicyclic) bond motifs is 1. The average Bonchev–Trinajstić information content (AvgIpc) is 3.22. The number of rotatable bonds is 4. The lowest BCUT2D eigenvalue weighted by Gasteiger charge is -2.22. The van der Waals surface area contributed by atoms with Crippen LogP contribution in [0.15, 0.2) is 36.4 Å². The molecule has 3 amide bonds. The van der Waals surface area contributed by atoms with E-state index in [0.29, 0.717) is 22.6 Å². The van der Waals surface area contributed by atoms with Crippen LogP contribution in [-0.2, 0) is 10.3 Å². The Morgan fingerprint density at radius 1 is 1.11 bits per heavy atom. The molecule has 0 radical (unpaired) electrons. The number of ketones is 1. The van der Waals surface area contributed by atoms with Crippen molar-refractivity contribution in [2.45, 2.75) is 26.3 Å². The lowest BCUT2D eigenvalue weighted by atomic mass is 9.91. The number of imide groups is 1. The van der Waals surface area contributed by atoms with Crippen molar-refractivity contribution in [3.05, 3.63) is 58.7 Å². The van der Waals surface area contributed by atoms with Gasteiger partial charge in [0.1, 0.15) is 5.54 Å². The van der Waals surface area contributed by atoms with Crippen molar-refractivity contribution in [3.63, 3.8) is 0 Å². The molecule has 0 aliphatic carbocycles. The molecule has 2 aromatic rings. The molecule has 2 aromatic carbocycles. The maximum atomic E-state index is 13.1. The van der Waals surface area contributed by atoms with E-state index in [1.54, 1.807) is 31.2 Å². The van der Waals surface area contributed by atoms with Crippen molar-refractivity contribution >= 4 is 17.7 Å². The van der Waals surface area contributed by atoms with Crippen LogP contribution in [0.5, 0.6) is 11.5 Å². The van der Waals surface area contributed by atoms with Gasteiger partial charge in [0.05, 0.1) is 6.54 Å². The largest absolute Gasteiger partial charge is 0.454 e. The topological polar surface area (TPSA) is 84.9 Å². The van der Waals surface area contributed by atoms with Gasteiger partial charge in [-0.3, -0.25) is 14.5 Å². The number of carbonyl (C=O) groups excluding carboxylic acids is 3. The highest BCUT2D eigenvalue weighted by Crippen LogP contribution is 2.37. The number of nitrogens with one attached hydrogen (secondary N) is 1. The molecule has 0 spiro atoms. The van der Waals surface area contributed by atoms with Crippen LogP contribution < -0.4 is 14.8 Å². The molecule has 0 bridgehead atoms. The maximum absolute atomic E-state index is 13.1. The summed E-state index contributed by atoms with van der Waals surface area (Å²) in [7, 11) is 0. The molecule has 0 aromatic heterocycles. The molecule has 1 N–H and O–H groups in total. The Morgan fingerprint density at radius 3 is 2.64 bits per heavy atom. The van der Waals surface area contributed by atoms with E-state index in [4.69, 9.17) is 9.47 Å². The van der Waals surface area contributed by atoms with E-state index in [-0.39, 0.29) is 19.1 Å². The van der Waals surface area contributed by atoms with E-state index in [1.807, 2.05) is 26.0 Å². The molecule has 1 fully saturated rings. The van der Waals surface area contributed by atoms with Gasteiger partial charge in [-0.05, 0) is 50.1 Å². The summed E-state index contributed by atoms with van der Waals surface area (Å²) in [5.41, 5.74) is 1.55. The molecule has 0 unspecified atom stereocenters. The molecule has 1 saturated heterocycles. The fourth-order valence-corrected chi connectivity index (χ4v) is 3.51. The fraction of sp³-hybridized carbons (Fsp3) is 0.286. The zero-order chi connectivity index (χ0) is 20.1. The molecule has 2 heterocycles. The Hall–Kier alpha value is -3.35. The molecular weight excluding hydrogens is 360 g/mol. The van der Waals surface area contributed by atoms with E-state index >= 15 is 0 Å². The Bertz CT molecular complexity index is 1020. The summed E-state index contributed by atoms with van der Waals surface area (Å²) < 4.78 is 10.7.